The summed E-state index contributed by atoms with van der Waals surface area (Å²) in [7, 11) is 1.52. The van der Waals surface area contributed by atoms with Gasteiger partial charge in [0, 0.05) is 5.39 Å². The van der Waals surface area contributed by atoms with Crippen molar-refractivity contribution < 1.29 is 18.7 Å². The maximum absolute atomic E-state index is 12.5. The van der Waals surface area contributed by atoms with E-state index in [0.717, 1.165) is 16.2 Å². The Morgan fingerprint density at radius 3 is 2.80 bits per heavy atom. The third kappa shape index (κ3) is 3.82. The molecule has 0 unspecified atom stereocenters. The van der Waals surface area contributed by atoms with Crippen molar-refractivity contribution in [2.45, 2.75) is 6.92 Å². The number of ether oxygens (including phenoxy) is 2. The van der Waals surface area contributed by atoms with Crippen molar-refractivity contribution in [1.29, 1.82) is 0 Å². The molecule has 0 atom stereocenters. The highest BCUT2D eigenvalue weighted by atomic mass is 35.5. The lowest BCUT2D eigenvalue weighted by molar-refractivity contribution is 0.0929. The van der Waals surface area contributed by atoms with Gasteiger partial charge in [-0.1, -0.05) is 41.9 Å². The average Bonchev–Trinajstić information content (AvgIpc) is 3.19. The summed E-state index contributed by atoms with van der Waals surface area (Å²) in [4.78, 5) is 12.5. The van der Waals surface area contributed by atoms with E-state index in [1.165, 1.54) is 13.3 Å². The van der Waals surface area contributed by atoms with Crippen molar-refractivity contribution in [1.82, 2.24) is 5.43 Å². The van der Waals surface area contributed by atoms with Gasteiger partial charge in [0.15, 0.2) is 17.3 Å². The van der Waals surface area contributed by atoms with Crippen LogP contribution in [-0.2, 0) is 0 Å². The van der Waals surface area contributed by atoms with Crippen molar-refractivity contribution in [3.05, 3.63) is 70.9 Å². The Hall–Kier alpha value is -3.51. The SMILES string of the molecule is CCOc1cc(/C=N/NC(=O)c2cc3c(ccc4ccccc43)o2)cc(Cl)c1OC. The molecule has 0 spiro atoms. The van der Waals surface area contributed by atoms with E-state index >= 15 is 0 Å². The van der Waals surface area contributed by atoms with Gasteiger partial charge in [0.2, 0.25) is 0 Å². The van der Waals surface area contributed by atoms with E-state index in [1.807, 2.05) is 43.3 Å². The minimum absolute atomic E-state index is 0.182. The van der Waals surface area contributed by atoms with E-state index in [-0.39, 0.29) is 5.76 Å². The standard InChI is InChI=1S/C23H19ClN2O4/c1-3-29-20-11-14(10-18(24)22(20)28-2)13-25-26-23(27)21-12-17-16-7-5-4-6-15(16)8-9-19(17)30-21/h4-13H,3H2,1-2H3,(H,26,27)/b25-13+. The summed E-state index contributed by atoms with van der Waals surface area (Å²) < 4.78 is 16.5. The van der Waals surface area contributed by atoms with Crippen LogP contribution in [0.3, 0.4) is 0 Å². The van der Waals surface area contributed by atoms with E-state index < -0.39 is 5.91 Å². The fraction of sp³-hybridized carbons (Fsp3) is 0.130. The molecule has 30 heavy (non-hydrogen) atoms. The molecule has 0 aliphatic heterocycles. The molecule has 1 N–H and O–H groups in total. The molecular weight excluding hydrogens is 404 g/mol. The maximum Gasteiger partial charge on any atom is 0.307 e. The molecule has 0 radical (unpaired) electrons. The number of hydrazone groups is 1. The van der Waals surface area contributed by atoms with Gasteiger partial charge in [-0.25, -0.2) is 5.43 Å². The molecule has 4 rings (SSSR count). The molecule has 7 heteroatoms. The molecule has 0 fully saturated rings. The number of furan rings is 1. The number of carbonyl (C=O) groups excluding carboxylic acids is 1. The van der Waals surface area contributed by atoms with Gasteiger partial charge >= 0.3 is 5.91 Å². The first-order chi connectivity index (χ1) is 14.6. The van der Waals surface area contributed by atoms with Crippen LogP contribution < -0.4 is 14.9 Å². The summed E-state index contributed by atoms with van der Waals surface area (Å²) >= 11 is 6.23. The number of hydrogen-bond donors (Lipinski definition) is 1. The van der Waals surface area contributed by atoms with Crippen molar-refractivity contribution in [2.75, 3.05) is 13.7 Å². The number of nitrogens with zero attached hydrogens (tertiary/aromatic N) is 1. The first-order valence-electron chi connectivity index (χ1n) is 9.35. The molecule has 1 heterocycles. The van der Waals surface area contributed by atoms with Gasteiger partial charge < -0.3 is 13.9 Å². The summed E-state index contributed by atoms with van der Waals surface area (Å²) in [5.74, 6) is 0.691. The summed E-state index contributed by atoms with van der Waals surface area (Å²) in [6.45, 7) is 2.33. The van der Waals surface area contributed by atoms with Gasteiger partial charge in [0.1, 0.15) is 5.58 Å². The average molecular weight is 423 g/mol. The molecule has 0 saturated carbocycles. The number of halogens is 1. The molecule has 6 nitrogen and oxygen atoms in total. The van der Waals surface area contributed by atoms with Crippen molar-refractivity contribution in [3.8, 4) is 11.5 Å². The first kappa shape index (κ1) is 19.8. The number of benzene rings is 3. The van der Waals surface area contributed by atoms with Gasteiger partial charge in [-0.2, -0.15) is 5.10 Å². The van der Waals surface area contributed by atoms with Crippen LogP contribution in [-0.4, -0.2) is 25.8 Å². The van der Waals surface area contributed by atoms with E-state index in [9.17, 15) is 4.79 Å². The van der Waals surface area contributed by atoms with Crippen molar-refractivity contribution >= 4 is 45.5 Å². The normalized spacial score (nSPS) is 11.3. The third-order valence-electron chi connectivity index (χ3n) is 4.57. The summed E-state index contributed by atoms with van der Waals surface area (Å²) in [6, 6.07) is 16.9. The Labute approximate surface area is 178 Å². The Morgan fingerprint density at radius 2 is 2.00 bits per heavy atom. The topological polar surface area (TPSA) is 73.1 Å². The molecule has 0 aliphatic rings. The molecular formula is C23H19ClN2O4. The van der Waals surface area contributed by atoms with Crippen LogP contribution in [0.2, 0.25) is 5.02 Å². The minimum atomic E-state index is -0.448. The number of fused-ring (bicyclic) bond motifs is 3. The van der Waals surface area contributed by atoms with Gasteiger partial charge in [0.05, 0.1) is 25.0 Å². The van der Waals surface area contributed by atoms with Crippen LogP contribution >= 0.6 is 11.6 Å². The predicted molar refractivity (Wildman–Crippen MR) is 118 cm³/mol. The summed E-state index contributed by atoms with van der Waals surface area (Å²) in [5.41, 5.74) is 3.78. The first-order valence-corrected chi connectivity index (χ1v) is 9.73. The number of rotatable bonds is 6. The lowest BCUT2D eigenvalue weighted by atomic mass is 10.1. The Morgan fingerprint density at radius 1 is 1.17 bits per heavy atom. The Bertz CT molecular complexity index is 1260. The molecule has 152 valence electrons. The summed E-state index contributed by atoms with van der Waals surface area (Å²) in [6.07, 6.45) is 1.48. The second-order valence-corrected chi connectivity index (χ2v) is 6.88. The smallest absolute Gasteiger partial charge is 0.307 e. The van der Waals surface area contributed by atoms with Gasteiger partial charge in [-0.3, -0.25) is 4.79 Å². The number of nitrogens with one attached hydrogen (secondary N) is 1. The van der Waals surface area contributed by atoms with Crippen LogP contribution in [0.15, 0.2) is 64.1 Å². The monoisotopic (exact) mass is 422 g/mol. The van der Waals surface area contributed by atoms with Gasteiger partial charge in [-0.05, 0) is 47.5 Å². The highest BCUT2D eigenvalue weighted by Gasteiger charge is 2.14. The molecule has 1 aromatic heterocycles. The molecule has 0 bridgehead atoms. The lowest BCUT2D eigenvalue weighted by Crippen LogP contribution is -2.16. The molecule has 0 saturated heterocycles. The zero-order chi connectivity index (χ0) is 21.1. The van der Waals surface area contributed by atoms with Crippen LogP contribution in [0.1, 0.15) is 23.0 Å². The Kier molecular flexibility index (Phi) is 5.59. The fourth-order valence-electron chi connectivity index (χ4n) is 3.25. The number of carbonyl (C=O) groups is 1. The number of methoxy groups -OCH3 is 1. The van der Waals surface area contributed by atoms with E-state index in [4.69, 9.17) is 25.5 Å². The third-order valence-corrected chi connectivity index (χ3v) is 4.85. The number of hydrogen-bond acceptors (Lipinski definition) is 5. The second kappa shape index (κ2) is 8.47. The summed E-state index contributed by atoms with van der Waals surface area (Å²) in [5, 5.41) is 7.38. The largest absolute Gasteiger partial charge is 0.491 e. The second-order valence-electron chi connectivity index (χ2n) is 6.48. The van der Waals surface area contributed by atoms with Crippen molar-refractivity contribution in [2.24, 2.45) is 5.10 Å². The zero-order valence-electron chi connectivity index (χ0n) is 16.4. The van der Waals surface area contributed by atoms with Crippen LogP contribution in [0.25, 0.3) is 21.7 Å². The van der Waals surface area contributed by atoms with Crippen molar-refractivity contribution in [3.63, 3.8) is 0 Å². The quantitative estimate of drug-likeness (QED) is 0.333. The molecule has 1 amide bonds. The number of amides is 1. The van der Waals surface area contributed by atoms with Crippen LogP contribution in [0.4, 0.5) is 0 Å². The zero-order valence-corrected chi connectivity index (χ0v) is 17.2. The van der Waals surface area contributed by atoms with E-state index in [2.05, 4.69) is 10.5 Å². The Balaban J connectivity index is 1.55. The van der Waals surface area contributed by atoms with Crippen LogP contribution in [0, 0.1) is 0 Å². The molecule has 0 aliphatic carbocycles. The van der Waals surface area contributed by atoms with Gasteiger partial charge in [0.25, 0.3) is 0 Å². The van der Waals surface area contributed by atoms with Gasteiger partial charge in [-0.15, -0.1) is 0 Å². The maximum atomic E-state index is 12.5. The van der Waals surface area contributed by atoms with E-state index in [0.29, 0.717) is 34.3 Å². The minimum Gasteiger partial charge on any atom is -0.491 e. The molecule has 3 aromatic carbocycles. The fourth-order valence-corrected chi connectivity index (χ4v) is 3.54. The molecule has 4 aromatic rings. The van der Waals surface area contributed by atoms with E-state index in [1.54, 1.807) is 18.2 Å². The van der Waals surface area contributed by atoms with Crippen LogP contribution in [0.5, 0.6) is 11.5 Å². The lowest BCUT2D eigenvalue weighted by Gasteiger charge is -2.11. The predicted octanol–water partition coefficient (Wildman–Crippen LogP) is 5.41. The highest BCUT2D eigenvalue weighted by molar-refractivity contribution is 6.32. The highest BCUT2D eigenvalue weighted by Crippen LogP contribution is 2.36.